The quantitative estimate of drug-likeness (QED) is 0.532. The molecular weight excluding hydrogens is 363 g/mol. The number of nitrogens with zero attached hydrogens (tertiary/aromatic N) is 1. The Morgan fingerprint density at radius 2 is 1.70 bits per heavy atom. The first-order valence-electron chi connectivity index (χ1n) is 8.37. The summed E-state index contributed by atoms with van der Waals surface area (Å²) in [5.74, 6) is -0.220. The molecule has 0 aliphatic heterocycles. The van der Waals surface area contributed by atoms with Crippen LogP contribution in [0.2, 0.25) is 0 Å². The lowest BCUT2D eigenvalue weighted by Gasteiger charge is -2.09. The molecule has 0 saturated heterocycles. The zero-order chi connectivity index (χ0) is 18.9. The number of nitrogens with one attached hydrogen (secondary N) is 3. The van der Waals surface area contributed by atoms with Crippen LogP contribution in [0.3, 0.4) is 0 Å². The van der Waals surface area contributed by atoms with Crippen molar-refractivity contribution in [3.63, 3.8) is 0 Å². The van der Waals surface area contributed by atoms with E-state index in [1.807, 2.05) is 42.5 Å². The van der Waals surface area contributed by atoms with E-state index in [4.69, 9.17) is 0 Å². The molecule has 138 valence electrons. The number of carbonyl (C=O) groups is 1. The van der Waals surface area contributed by atoms with Gasteiger partial charge in [0.1, 0.15) is 5.82 Å². The van der Waals surface area contributed by atoms with Crippen molar-refractivity contribution in [1.29, 1.82) is 0 Å². The Morgan fingerprint density at radius 3 is 2.44 bits per heavy atom. The number of benzene rings is 2. The molecule has 0 aliphatic rings. The van der Waals surface area contributed by atoms with Crippen molar-refractivity contribution >= 4 is 23.7 Å². The first kappa shape index (κ1) is 18.9. The fraction of sp³-hybridized carbons (Fsp3) is 0.100. The summed E-state index contributed by atoms with van der Waals surface area (Å²) < 4.78 is 16.7. The highest BCUT2D eigenvalue weighted by atomic mass is 32.2. The van der Waals surface area contributed by atoms with Crippen LogP contribution < -0.4 is 15.4 Å². The first-order valence-corrected chi connectivity index (χ1v) is 9.19. The van der Waals surface area contributed by atoms with E-state index in [2.05, 4.69) is 20.3 Å². The van der Waals surface area contributed by atoms with E-state index in [-0.39, 0.29) is 11.8 Å². The second-order valence-electron chi connectivity index (χ2n) is 5.70. The third-order valence-corrected chi connectivity index (χ3v) is 4.52. The molecule has 27 heavy (non-hydrogen) atoms. The summed E-state index contributed by atoms with van der Waals surface area (Å²) >= 11 is 1.41. The molecule has 2 amide bonds. The zero-order valence-corrected chi connectivity index (χ0v) is 15.3. The van der Waals surface area contributed by atoms with Crippen molar-refractivity contribution < 1.29 is 9.18 Å². The smallest absolute Gasteiger partial charge is 0.319 e. The van der Waals surface area contributed by atoms with Crippen molar-refractivity contribution in [2.45, 2.75) is 18.0 Å². The standard InChI is InChI=1S/C20H19FN4OS/c21-19-4-2-1-3-16(19)14-24-27-18-7-5-17(6-8-18)25-20(26)23-13-15-9-11-22-12-10-15/h1-12,24H,13-14H2,(H2,23,25,26). The Balaban J connectivity index is 1.43. The van der Waals surface area contributed by atoms with Gasteiger partial charge in [-0.2, -0.15) is 0 Å². The van der Waals surface area contributed by atoms with E-state index in [1.54, 1.807) is 24.5 Å². The number of rotatable bonds is 7. The number of carbonyl (C=O) groups excluding carboxylic acids is 1. The summed E-state index contributed by atoms with van der Waals surface area (Å²) in [4.78, 5) is 16.8. The van der Waals surface area contributed by atoms with Gasteiger partial charge in [-0.3, -0.25) is 9.71 Å². The molecule has 0 fully saturated rings. The van der Waals surface area contributed by atoms with Crippen molar-refractivity contribution in [2.24, 2.45) is 0 Å². The number of hydrogen-bond acceptors (Lipinski definition) is 4. The lowest BCUT2D eigenvalue weighted by Crippen LogP contribution is -2.28. The second-order valence-corrected chi connectivity index (χ2v) is 6.67. The van der Waals surface area contributed by atoms with Gasteiger partial charge in [-0.15, -0.1) is 0 Å². The Kier molecular flexibility index (Phi) is 6.78. The van der Waals surface area contributed by atoms with Crippen LogP contribution in [-0.4, -0.2) is 11.0 Å². The highest BCUT2D eigenvalue weighted by molar-refractivity contribution is 7.97. The first-order chi connectivity index (χ1) is 13.2. The van der Waals surface area contributed by atoms with Crippen molar-refractivity contribution in [1.82, 2.24) is 15.0 Å². The van der Waals surface area contributed by atoms with E-state index >= 15 is 0 Å². The van der Waals surface area contributed by atoms with Gasteiger partial charge in [-0.1, -0.05) is 18.2 Å². The molecule has 1 heterocycles. The molecule has 0 spiro atoms. The van der Waals surface area contributed by atoms with Crippen LogP contribution in [0.15, 0.2) is 78.0 Å². The molecule has 0 radical (unpaired) electrons. The van der Waals surface area contributed by atoms with Crippen LogP contribution in [0.25, 0.3) is 0 Å². The highest BCUT2D eigenvalue weighted by Crippen LogP contribution is 2.19. The number of halogens is 1. The largest absolute Gasteiger partial charge is 0.334 e. The van der Waals surface area contributed by atoms with E-state index < -0.39 is 0 Å². The molecule has 5 nitrogen and oxygen atoms in total. The SMILES string of the molecule is O=C(NCc1ccncc1)Nc1ccc(SNCc2ccccc2F)cc1. The van der Waals surface area contributed by atoms with Crippen LogP contribution in [0.1, 0.15) is 11.1 Å². The molecule has 3 aromatic rings. The monoisotopic (exact) mass is 382 g/mol. The fourth-order valence-electron chi connectivity index (χ4n) is 2.30. The molecular formula is C20H19FN4OS. The lowest BCUT2D eigenvalue weighted by molar-refractivity contribution is 0.251. The Morgan fingerprint density at radius 1 is 0.963 bits per heavy atom. The van der Waals surface area contributed by atoms with Gasteiger partial charge in [-0.25, -0.2) is 9.18 Å². The van der Waals surface area contributed by atoms with E-state index in [0.29, 0.717) is 24.3 Å². The minimum absolute atomic E-state index is 0.220. The molecule has 0 atom stereocenters. The molecule has 7 heteroatoms. The van der Waals surface area contributed by atoms with E-state index in [1.165, 1.54) is 18.0 Å². The molecule has 3 rings (SSSR count). The van der Waals surface area contributed by atoms with E-state index in [0.717, 1.165) is 10.5 Å². The number of aromatic nitrogens is 1. The predicted octanol–water partition coefficient (Wildman–Crippen LogP) is 4.34. The lowest BCUT2D eigenvalue weighted by atomic mass is 10.2. The zero-order valence-electron chi connectivity index (χ0n) is 14.5. The summed E-state index contributed by atoms with van der Waals surface area (Å²) in [7, 11) is 0. The van der Waals surface area contributed by atoms with Gasteiger partial charge in [0.15, 0.2) is 0 Å². The number of pyridine rings is 1. The van der Waals surface area contributed by atoms with Crippen molar-refractivity contribution in [3.8, 4) is 0 Å². The van der Waals surface area contributed by atoms with Crippen LogP contribution in [0.4, 0.5) is 14.9 Å². The summed E-state index contributed by atoms with van der Waals surface area (Å²) in [6.45, 7) is 0.858. The van der Waals surface area contributed by atoms with Gasteiger partial charge in [0.25, 0.3) is 0 Å². The average molecular weight is 382 g/mol. The summed E-state index contributed by atoms with van der Waals surface area (Å²) in [6, 6.07) is 17.5. The third-order valence-electron chi connectivity index (χ3n) is 3.73. The van der Waals surface area contributed by atoms with Crippen LogP contribution in [0, 0.1) is 5.82 Å². The number of amides is 2. The number of hydrogen-bond donors (Lipinski definition) is 3. The van der Waals surface area contributed by atoms with Gasteiger partial charge in [0, 0.05) is 41.6 Å². The van der Waals surface area contributed by atoms with Crippen molar-refractivity contribution in [2.75, 3.05) is 5.32 Å². The third kappa shape index (κ3) is 6.09. The summed E-state index contributed by atoms with van der Waals surface area (Å²) in [5.41, 5.74) is 2.29. The molecule has 0 saturated carbocycles. The maximum absolute atomic E-state index is 13.6. The number of urea groups is 1. The fourth-order valence-corrected chi connectivity index (χ4v) is 2.97. The minimum atomic E-state index is -0.273. The van der Waals surface area contributed by atoms with Crippen molar-refractivity contribution in [3.05, 3.63) is 90.0 Å². The average Bonchev–Trinajstić information content (AvgIpc) is 2.70. The molecule has 3 N–H and O–H groups in total. The molecule has 0 aliphatic carbocycles. The topological polar surface area (TPSA) is 66.0 Å². The minimum Gasteiger partial charge on any atom is -0.334 e. The maximum atomic E-state index is 13.6. The van der Waals surface area contributed by atoms with Crippen LogP contribution in [0.5, 0.6) is 0 Å². The summed E-state index contributed by atoms with van der Waals surface area (Å²) in [6.07, 6.45) is 3.37. The summed E-state index contributed by atoms with van der Waals surface area (Å²) in [5, 5.41) is 5.57. The van der Waals surface area contributed by atoms with Gasteiger partial charge in [0.2, 0.25) is 0 Å². The van der Waals surface area contributed by atoms with E-state index in [9.17, 15) is 9.18 Å². The Labute approximate surface area is 161 Å². The Bertz CT molecular complexity index is 875. The molecule has 0 bridgehead atoms. The van der Waals surface area contributed by atoms with Crippen LogP contribution in [-0.2, 0) is 13.1 Å². The van der Waals surface area contributed by atoms with Crippen LogP contribution >= 0.6 is 11.9 Å². The number of anilines is 1. The van der Waals surface area contributed by atoms with Gasteiger partial charge in [-0.05, 0) is 60.0 Å². The van der Waals surface area contributed by atoms with Gasteiger partial charge >= 0.3 is 6.03 Å². The predicted molar refractivity (Wildman–Crippen MR) is 106 cm³/mol. The maximum Gasteiger partial charge on any atom is 0.319 e. The van der Waals surface area contributed by atoms with Gasteiger partial charge in [0.05, 0.1) is 0 Å². The molecule has 1 aromatic heterocycles. The second kappa shape index (κ2) is 9.70. The molecule has 2 aromatic carbocycles. The Hall–Kier alpha value is -2.90. The normalized spacial score (nSPS) is 10.4. The highest BCUT2D eigenvalue weighted by Gasteiger charge is 2.03. The van der Waals surface area contributed by atoms with Gasteiger partial charge < -0.3 is 10.6 Å². The molecule has 0 unspecified atom stereocenters.